The molecule has 0 radical (unpaired) electrons. The molecule has 1 aliphatic rings. The fourth-order valence-corrected chi connectivity index (χ4v) is 2.92. The maximum Gasteiger partial charge on any atom is 0.393 e. The highest BCUT2D eigenvalue weighted by Crippen LogP contribution is 2.37. The van der Waals surface area contributed by atoms with Gasteiger partial charge in [-0.15, -0.1) is 0 Å². The topological polar surface area (TPSA) is 41.6 Å². The van der Waals surface area contributed by atoms with Gasteiger partial charge >= 0.3 is 6.18 Å². The SMILES string of the molecule is COCc1cc(CNC(=O)[C@@H]2CN(C)C[C@H]2C(F)(F)F)ccc1F. The number of benzene rings is 1. The summed E-state index contributed by atoms with van der Waals surface area (Å²) < 4.78 is 57.5. The molecule has 8 heteroatoms. The lowest BCUT2D eigenvalue weighted by molar-refractivity contribution is -0.183. The van der Waals surface area contributed by atoms with Crippen LogP contribution in [0.5, 0.6) is 0 Å². The van der Waals surface area contributed by atoms with E-state index >= 15 is 0 Å². The Morgan fingerprint density at radius 2 is 2.08 bits per heavy atom. The lowest BCUT2D eigenvalue weighted by Gasteiger charge is -2.20. The molecular formula is C16H20F4N2O2. The Bertz CT molecular complexity index is 592. The van der Waals surface area contributed by atoms with Crippen molar-refractivity contribution in [3.05, 3.63) is 35.1 Å². The zero-order chi connectivity index (χ0) is 17.9. The number of amides is 1. The number of nitrogens with one attached hydrogen (secondary N) is 1. The van der Waals surface area contributed by atoms with Crippen LogP contribution >= 0.6 is 0 Å². The molecule has 1 N–H and O–H groups in total. The molecule has 0 saturated carbocycles. The molecule has 1 amide bonds. The monoisotopic (exact) mass is 348 g/mol. The molecule has 1 aliphatic heterocycles. The quantitative estimate of drug-likeness (QED) is 0.831. The number of nitrogens with zero attached hydrogens (tertiary/aromatic N) is 1. The summed E-state index contributed by atoms with van der Waals surface area (Å²) in [6.45, 7) is 0.00226. The van der Waals surface area contributed by atoms with Gasteiger partial charge in [0.2, 0.25) is 5.91 Å². The first kappa shape index (κ1) is 18.7. The Kier molecular flexibility index (Phi) is 5.82. The molecule has 0 bridgehead atoms. The van der Waals surface area contributed by atoms with E-state index in [1.165, 1.54) is 30.2 Å². The molecule has 0 unspecified atom stereocenters. The molecule has 0 aromatic heterocycles. The van der Waals surface area contributed by atoms with Gasteiger partial charge in [-0.2, -0.15) is 13.2 Å². The zero-order valence-corrected chi connectivity index (χ0v) is 13.5. The smallest absolute Gasteiger partial charge is 0.380 e. The maximum atomic E-state index is 13.5. The van der Waals surface area contributed by atoms with Crippen molar-refractivity contribution in [3.63, 3.8) is 0 Å². The van der Waals surface area contributed by atoms with Crippen molar-refractivity contribution in [2.24, 2.45) is 11.8 Å². The van der Waals surface area contributed by atoms with Gasteiger partial charge in [-0.25, -0.2) is 4.39 Å². The van der Waals surface area contributed by atoms with E-state index in [1.807, 2.05) is 0 Å². The van der Waals surface area contributed by atoms with Gasteiger partial charge in [-0.1, -0.05) is 6.07 Å². The van der Waals surface area contributed by atoms with Gasteiger partial charge in [-0.3, -0.25) is 4.79 Å². The van der Waals surface area contributed by atoms with Crippen LogP contribution in [0.4, 0.5) is 17.6 Å². The Morgan fingerprint density at radius 1 is 1.38 bits per heavy atom. The molecule has 1 heterocycles. The van der Waals surface area contributed by atoms with Gasteiger partial charge in [0.15, 0.2) is 0 Å². The number of alkyl halides is 3. The van der Waals surface area contributed by atoms with Crippen LogP contribution < -0.4 is 5.32 Å². The number of rotatable bonds is 5. The molecular weight excluding hydrogens is 328 g/mol. The third-order valence-electron chi connectivity index (χ3n) is 4.14. The lowest BCUT2D eigenvalue weighted by Crippen LogP contribution is -2.39. The average molecular weight is 348 g/mol. The summed E-state index contributed by atoms with van der Waals surface area (Å²) in [6, 6.07) is 4.26. The average Bonchev–Trinajstić information content (AvgIpc) is 2.90. The fourth-order valence-electron chi connectivity index (χ4n) is 2.92. The predicted octanol–water partition coefficient (Wildman–Crippen LogP) is 2.33. The highest BCUT2D eigenvalue weighted by molar-refractivity contribution is 5.79. The zero-order valence-electron chi connectivity index (χ0n) is 13.5. The van der Waals surface area contributed by atoms with Crippen LogP contribution in [-0.2, 0) is 22.7 Å². The number of likely N-dealkylation sites (tertiary alicyclic amines) is 1. The minimum atomic E-state index is -4.41. The van der Waals surface area contributed by atoms with E-state index < -0.39 is 29.7 Å². The molecule has 24 heavy (non-hydrogen) atoms. The van der Waals surface area contributed by atoms with Crippen LogP contribution in [0.1, 0.15) is 11.1 Å². The molecule has 0 spiro atoms. The molecule has 2 atom stereocenters. The van der Waals surface area contributed by atoms with Crippen LogP contribution in [0.3, 0.4) is 0 Å². The van der Waals surface area contributed by atoms with E-state index in [4.69, 9.17) is 4.74 Å². The van der Waals surface area contributed by atoms with E-state index in [-0.39, 0.29) is 26.2 Å². The van der Waals surface area contributed by atoms with Crippen LogP contribution in [0.2, 0.25) is 0 Å². The number of hydrogen-bond acceptors (Lipinski definition) is 3. The molecule has 1 aromatic rings. The third-order valence-corrected chi connectivity index (χ3v) is 4.14. The standard InChI is InChI=1S/C16H20F4N2O2/c1-22-7-12(13(8-22)16(18,19)20)15(23)21-6-10-3-4-14(17)11(5-10)9-24-2/h3-5,12-13H,6-9H2,1-2H3,(H,21,23)/t12-,13-/m1/s1. The highest BCUT2D eigenvalue weighted by atomic mass is 19.4. The summed E-state index contributed by atoms with van der Waals surface area (Å²) in [5, 5.41) is 2.52. The first-order valence-corrected chi connectivity index (χ1v) is 7.51. The van der Waals surface area contributed by atoms with Gasteiger partial charge in [0.1, 0.15) is 5.82 Å². The van der Waals surface area contributed by atoms with E-state index in [0.717, 1.165) is 0 Å². The van der Waals surface area contributed by atoms with Crippen molar-refractivity contribution in [1.82, 2.24) is 10.2 Å². The first-order chi connectivity index (χ1) is 11.2. The summed E-state index contributed by atoms with van der Waals surface area (Å²) in [6.07, 6.45) is -4.41. The molecule has 0 aliphatic carbocycles. The van der Waals surface area contributed by atoms with Crippen molar-refractivity contribution >= 4 is 5.91 Å². The van der Waals surface area contributed by atoms with Crippen molar-refractivity contribution in [1.29, 1.82) is 0 Å². The van der Waals surface area contributed by atoms with Crippen LogP contribution in [0.25, 0.3) is 0 Å². The second-order valence-electron chi connectivity index (χ2n) is 6.05. The summed E-state index contributed by atoms with van der Waals surface area (Å²) in [5.41, 5.74) is 0.935. The van der Waals surface area contributed by atoms with Crippen molar-refractivity contribution in [2.45, 2.75) is 19.3 Å². The van der Waals surface area contributed by atoms with Crippen LogP contribution in [0.15, 0.2) is 18.2 Å². The van der Waals surface area contributed by atoms with Gasteiger partial charge in [0.05, 0.1) is 18.4 Å². The second kappa shape index (κ2) is 7.48. The summed E-state index contributed by atoms with van der Waals surface area (Å²) in [7, 11) is 2.99. The minimum absolute atomic E-state index is 0.0423. The van der Waals surface area contributed by atoms with Crippen LogP contribution in [0, 0.1) is 17.7 Å². The molecule has 4 nitrogen and oxygen atoms in total. The highest BCUT2D eigenvalue weighted by Gasteiger charge is 2.51. The van der Waals surface area contributed by atoms with E-state index in [9.17, 15) is 22.4 Å². The predicted molar refractivity (Wildman–Crippen MR) is 79.5 cm³/mol. The number of halogens is 4. The summed E-state index contributed by atoms with van der Waals surface area (Å²) in [4.78, 5) is 13.7. The van der Waals surface area contributed by atoms with E-state index in [1.54, 1.807) is 7.05 Å². The summed E-state index contributed by atoms with van der Waals surface area (Å²) >= 11 is 0. The van der Waals surface area contributed by atoms with Crippen molar-refractivity contribution in [2.75, 3.05) is 27.2 Å². The maximum absolute atomic E-state index is 13.5. The lowest BCUT2D eigenvalue weighted by atomic mass is 9.94. The number of carbonyl (C=O) groups is 1. The Balaban J connectivity index is 2.01. The van der Waals surface area contributed by atoms with Crippen molar-refractivity contribution < 1.29 is 27.1 Å². The number of methoxy groups -OCH3 is 1. The van der Waals surface area contributed by atoms with E-state index in [0.29, 0.717) is 11.1 Å². The van der Waals surface area contributed by atoms with Crippen molar-refractivity contribution in [3.8, 4) is 0 Å². The van der Waals surface area contributed by atoms with Crippen LogP contribution in [-0.4, -0.2) is 44.2 Å². The number of carbonyl (C=O) groups excluding carboxylic acids is 1. The molecule has 2 rings (SSSR count). The first-order valence-electron chi connectivity index (χ1n) is 7.51. The third kappa shape index (κ3) is 4.45. The Hall–Kier alpha value is -1.67. The fraction of sp³-hybridized carbons (Fsp3) is 0.562. The summed E-state index contributed by atoms with van der Waals surface area (Å²) in [5.74, 6) is -3.87. The van der Waals surface area contributed by atoms with Gasteiger partial charge in [0, 0.05) is 32.3 Å². The number of ether oxygens (including phenoxy) is 1. The molecule has 1 aromatic carbocycles. The second-order valence-corrected chi connectivity index (χ2v) is 6.05. The minimum Gasteiger partial charge on any atom is -0.380 e. The van der Waals surface area contributed by atoms with Gasteiger partial charge in [-0.05, 0) is 24.7 Å². The van der Waals surface area contributed by atoms with E-state index in [2.05, 4.69) is 5.32 Å². The molecule has 134 valence electrons. The molecule has 1 saturated heterocycles. The normalized spacial score (nSPS) is 21.9. The Labute approximate surface area is 137 Å². The largest absolute Gasteiger partial charge is 0.393 e. The number of hydrogen-bond donors (Lipinski definition) is 1. The van der Waals surface area contributed by atoms with Gasteiger partial charge < -0.3 is 15.0 Å². The molecule has 1 fully saturated rings. The van der Waals surface area contributed by atoms with Gasteiger partial charge in [0.25, 0.3) is 0 Å². The Morgan fingerprint density at radius 3 is 2.71 bits per heavy atom.